The maximum absolute atomic E-state index is 5.42. The Morgan fingerprint density at radius 3 is 2.96 bits per heavy atom. The van der Waals surface area contributed by atoms with Crippen molar-refractivity contribution in [2.75, 3.05) is 13.3 Å². The molecule has 0 bridgehead atoms. The van der Waals surface area contributed by atoms with Crippen molar-refractivity contribution in [3.8, 4) is 11.5 Å². The van der Waals surface area contributed by atoms with E-state index in [4.69, 9.17) is 9.47 Å². The Kier molecular flexibility index (Phi) is 4.82. The summed E-state index contributed by atoms with van der Waals surface area (Å²) in [6.45, 7) is 6.34. The Hall–Kier alpha value is -3.22. The first kappa shape index (κ1) is 17.2. The minimum absolute atomic E-state index is 0.283. The van der Waals surface area contributed by atoms with Crippen molar-refractivity contribution in [1.29, 1.82) is 0 Å². The van der Waals surface area contributed by atoms with Crippen molar-refractivity contribution < 1.29 is 9.47 Å². The summed E-state index contributed by atoms with van der Waals surface area (Å²) in [6.07, 6.45) is 4.06. The Labute approximate surface area is 158 Å². The highest BCUT2D eigenvalue weighted by Gasteiger charge is 2.13. The van der Waals surface area contributed by atoms with Crippen LogP contribution in [0.3, 0.4) is 0 Å². The Morgan fingerprint density at radius 2 is 2.07 bits per heavy atom. The van der Waals surface area contributed by atoms with Crippen LogP contribution in [0.4, 0.5) is 0 Å². The van der Waals surface area contributed by atoms with Gasteiger partial charge in [-0.1, -0.05) is 6.07 Å². The number of aromatic nitrogens is 2. The molecule has 0 spiro atoms. The number of nitrogens with zero attached hydrogens (tertiary/aromatic N) is 3. The predicted octanol–water partition coefficient (Wildman–Crippen LogP) is 2.63. The number of guanidine groups is 1. The van der Waals surface area contributed by atoms with Gasteiger partial charge in [-0.25, -0.2) is 9.98 Å². The summed E-state index contributed by atoms with van der Waals surface area (Å²) in [4.78, 5) is 9.31. The van der Waals surface area contributed by atoms with Gasteiger partial charge >= 0.3 is 0 Å². The van der Waals surface area contributed by atoms with Gasteiger partial charge in [0.05, 0.1) is 18.8 Å². The van der Waals surface area contributed by atoms with Crippen LogP contribution < -0.4 is 20.1 Å². The smallest absolute Gasteiger partial charge is 0.231 e. The third-order valence-corrected chi connectivity index (χ3v) is 4.30. The molecule has 7 nitrogen and oxygen atoms in total. The zero-order valence-electron chi connectivity index (χ0n) is 15.5. The maximum atomic E-state index is 5.42. The highest BCUT2D eigenvalue weighted by molar-refractivity contribution is 5.79. The van der Waals surface area contributed by atoms with Crippen LogP contribution in [0.25, 0.3) is 5.65 Å². The van der Waals surface area contributed by atoms with E-state index in [0.717, 1.165) is 40.9 Å². The molecule has 1 aromatic carbocycles. The normalized spacial score (nSPS) is 13.2. The van der Waals surface area contributed by atoms with Gasteiger partial charge in [-0.05, 0) is 49.2 Å². The molecule has 3 aromatic rings. The quantitative estimate of drug-likeness (QED) is 0.537. The molecular weight excluding hydrogens is 342 g/mol. The second-order valence-electron chi connectivity index (χ2n) is 6.44. The molecule has 140 valence electrons. The van der Waals surface area contributed by atoms with Gasteiger partial charge in [-0.15, -0.1) is 0 Å². The molecule has 3 heterocycles. The summed E-state index contributed by atoms with van der Waals surface area (Å²) in [5.74, 6) is 2.32. The average molecular weight is 365 g/mol. The first-order valence-corrected chi connectivity index (χ1v) is 9.06. The topological polar surface area (TPSA) is 72.2 Å². The maximum Gasteiger partial charge on any atom is 0.231 e. The zero-order valence-corrected chi connectivity index (χ0v) is 15.5. The number of aryl methyl sites for hydroxylation is 1. The van der Waals surface area contributed by atoms with Crippen LogP contribution in [0.15, 0.2) is 47.7 Å². The molecule has 1 aliphatic heterocycles. The van der Waals surface area contributed by atoms with Crippen molar-refractivity contribution in [3.05, 3.63) is 59.5 Å². The van der Waals surface area contributed by atoms with Crippen molar-refractivity contribution in [1.82, 2.24) is 20.0 Å². The summed E-state index contributed by atoms with van der Waals surface area (Å²) in [6, 6.07) is 10.0. The average Bonchev–Trinajstić information content (AvgIpc) is 3.29. The molecule has 0 radical (unpaired) electrons. The lowest BCUT2D eigenvalue weighted by molar-refractivity contribution is 0.174. The van der Waals surface area contributed by atoms with E-state index in [2.05, 4.69) is 39.7 Å². The molecule has 27 heavy (non-hydrogen) atoms. The molecule has 0 aliphatic carbocycles. The number of aliphatic imine (C=N–C) groups is 1. The van der Waals surface area contributed by atoms with Crippen molar-refractivity contribution in [3.63, 3.8) is 0 Å². The number of fused-ring (bicyclic) bond motifs is 2. The van der Waals surface area contributed by atoms with Gasteiger partial charge in [0.25, 0.3) is 0 Å². The third kappa shape index (κ3) is 3.97. The second kappa shape index (κ2) is 7.57. The minimum atomic E-state index is 0.283. The monoisotopic (exact) mass is 365 g/mol. The number of pyridine rings is 1. The van der Waals surface area contributed by atoms with Gasteiger partial charge in [-0.3, -0.25) is 0 Å². The molecule has 0 saturated carbocycles. The van der Waals surface area contributed by atoms with Gasteiger partial charge in [0.1, 0.15) is 5.65 Å². The summed E-state index contributed by atoms with van der Waals surface area (Å²) in [5.41, 5.74) is 4.19. The van der Waals surface area contributed by atoms with E-state index in [0.29, 0.717) is 13.1 Å². The number of imidazole rings is 1. The second-order valence-corrected chi connectivity index (χ2v) is 6.44. The molecular formula is C20H23N5O2. The number of hydrogen-bond donors (Lipinski definition) is 2. The van der Waals surface area contributed by atoms with E-state index in [-0.39, 0.29) is 6.79 Å². The van der Waals surface area contributed by atoms with Crippen LogP contribution >= 0.6 is 0 Å². The first-order valence-electron chi connectivity index (χ1n) is 9.06. The molecule has 2 aromatic heterocycles. The van der Waals surface area contributed by atoms with Gasteiger partial charge in [0.2, 0.25) is 6.79 Å². The standard InChI is InChI=1S/C20H23N5O2/c1-3-21-20(22-10-15-4-5-17-18(9-15)27-13-26-17)23-11-16-12-25-7-6-14(2)8-19(25)24-16/h4-9,12H,3,10-11,13H2,1-2H3,(H2,21,22,23). The van der Waals surface area contributed by atoms with Gasteiger partial charge in [0, 0.05) is 18.9 Å². The molecule has 7 heteroatoms. The van der Waals surface area contributed by atoms with Crippen LogP contribution in [-0.2, 0) is 13.1 Å². The molecule has 1 aliphatic rings. The van der Waals surface area contributed by atoms with Gasteiger partial charge < -0.3 is 24.5 Å². The molecule has 0 fully saturated rings. The van der Waals surface area contributed by atoms with Gasteiger partial charge in [-0.2, -0.15) is 0 Å². The number of benzene rings is 1. The van der Waals surface area contributed by atoms with Crippen LogP contribution in [0.5, 0.6) is 11.5 Å². The Morgan fingerprint density at radius 1 is 1.19 bits per heavy atom. The van der Waals surface area contributed by atoms with Gasteiger partial charge in [0.15, 0.2) is 17.5 Å². The van der Waals surface area contributed by atoms with Crippen molar-refractivity contribution in [2.45, 2.75) is 26.9 Å². The molecule has 0 atom stereocenters. The third-order valence-electron chi connectivity index (χ3n) is 4.30. The van der Waals surface area contributed by atoms with E-state index in [1.54, 1.807) is 0 Å². The number of hydrogen-bond acceptors (Lipinski definition) is 4. The predicted molar refractivity (Wildman–Crippen MR) is 104 cm³/mol. The van der Waals surface area contributed by atoms with Crippen LogP contribution in [0.2, 0.25) is 0 Å². The number of rotatable bonds is 5. The summed E-state index contributed by atoms with van der Waals surface area (Å²) < 4.78 is 12.8. The van der Waals surface area contributed by atoms with Crippen molar-refractivity contribution in [2.24, 2.45) is 4.99 Å². The lowest BCUT2D eigenvalue weighted by atomic mass is 10.2. The Balaban J connectivity index is 1.42. The summed E-state index contributed by atoms with van der Waals surface area (Å²) in [5, 5.41) is 6.61. The van der Waals surface area contributed by atoms with Crippen molar-refractivity contribution >= 4 is 11.6 Å². The number of nitrogens with one attached hydrogen (secondary N) is 2. The van der Waals surface area contributed by atoms with E-state index >= 15 is 0 Å². The summed E-state index contributed by atoms with van der Waals surface area (Å²) >= 11 is 0. The van der Waals surface area contributed by atoms with E-state index in [9.17, 15) is 0 Å². The minimum Gasteiger partial charge on any atom is -0.454 e. The fraction of sp³-hybridized carbons (Fsp3) is 0.300. The van der Waals surface area contributed by atoms with Crippen LogP contribution in [0.1, 0.15) is 23.7 Å². The molecule has 0 saturated heterocycles. The first-order chi connectivity index (χ1) is 13.2. The largest absolute Gasteiger partial charge is 0.454 e. The van der Waals surface area contributed by atoms with E-state index in [1.165, 1.54) is 5.56 Å². The zero-order chi connectivity index (χ0) is 18.6. The highest BCUT2D eigenvalue weighted by atomic mass is 16.7. The molecule has 4 rings (SSSR count). The highest BCUT2D eigenvalue weighted by Crippen LogP contribution is 2.32. The SMILES string of the molecule is CCNC(=NCc1ccc2c(c1)OCO2)NCc1cn2ccc(C)cc2n1. The molecule has 0 amide bonds. The van der Waals surface area contributed by atoms with E-state index < -0.39 is 0 Å². The fourth-order valence-electron chi connectivity index (χ4n) is 2.95. The molecule has 2 N–H and O–H groups in total. The lowest BCUT2D eigenvalue weighted by Crippen LogP contribution is -2.36. The number of ether oxygens (including phenoxy) is 2. The van der Waals surface area contributed by atoms with Crippen LogP contribution in [0, 0.1) is 6.92 Å². The summed E-state index contributed by atoms with van der Waals surface area (Å²) in [7, 11) is 0. The fourth-order valence-corrected chi connectivity index (χ4v) is 2.95. The Bertz CT molecular complexity index is 980. The van der Waals surface area contributed by atoms with Crippen LogP contribution in [-0.4, -0.2) is 28.7 Å². The molecule has 0 unspecified atom stereocenters. The lowest BCUT2D eigenvalue weighted by Gasteiger charge is -2.10. The van der Waals surface area contributed by atoms with E-state index in [1.807, 2.05) is 41.9 Å².